The topological polar surface area (TPSA) is 45.2 Å². The normalized spacial score (nSPS) is 12.8. The van der Waals surface area contributed by atoms with Crippen LogP contribution in [0, 0.1) is 11.6 Å². The molecule has 1 aliphatic rings. The van der Waals surface area contributed by atoms with Crippen molar-refractivity contribution >= 4 is 35.0 Å². The summed E-state index contributed by atoms with van der Waals surface area (Å²) < 4.78 is 29.7. The fraction of sp³-hybridized carbons (Fsp3) is 0.0833. The van der Waals surface area contributed by atoms with E-state index in [1.165, 1.54) is 12.1 Å². The second-order valence-electron chi connectivity index (χ2n) is 7.41. The number of amides is 1. The number of hydrogen-bond donors (Lipinski definition) is 1. The number of hydrogen-bond acceptors (Lipinski definition) is 5. The Morgan fingerprint density at radius 3 is 2.53 bits per heavy atom. The van der Waals surface area contributed by atoms with Crippen LogP contribution in [0.25, 0.3) is 20.9 Å². The number of aromatic nitrogens is 1. The van der Waals surface area contributed by atoms with Crippen LogP contribution in [0.3, 0.4) is 0 Å². The number of nitrogens with one attached hydrogen (secondary N) is 1. The molecule has 5 rings (SSSR count). The summed E-state index contributed by atoms with van der Waals surface area (Å²) in [6, 6.07) is 17.3. The highest BCUT2D eigenvalue weighted by atomic mass is 32.2. The molecule has 1 aliphatic heterocycles. The lowest BCUT2D eigenvalue weighted by Gasteiger charge is -2.06. The van der Waals surface area contributed by atoms with Crippen LogP contribution in [0.15, 0.2) is 71.8 Å². The second-order valence-corrected chi connectivity index (χ2v) is 9.34. The van der Waals surface area contributed by atoms with E-state index in [0.717, 1.165) is 50.0 Å². The van der Waals surface area contributed by atoms with Gasteiger partial charge in [0.1, 0.15) is 17.5 Å². The number of thiophene rings is 1. The van der Waals surface area contributed by atoms with Gasteiger partial charge in [-0.1, -0.05) is 6.07 Å². The van der Waals surface area contributed by atoms with Gasteiger partial charge < -0.3 is 9.62 Å². The molecule has 0 saturated heterocycles. The van der Waals surface area contributed by atoms with Crippen molar-refractivity contribution in [3.05, 3.63) is 89.6 Å². The summed E-state index contributed by atoms with van der Waals surface area (Å²) in [5, 5.41) is 0. The van der Waals surface area contributed by atoms with Crippen LogP contribution in [-0.2, 0) is 6.54 Å². The van der Waals surface area contributed by atoms with E-state index in [2.05, 4.69) is 27.9 Å². The first-order valence-electron chi connectivity index (χ1n) is 9.81. The number of pyridine rings is 1. The molecule has 0 spiro atoms. The number of carbonyl (C=O) groups excluding carboxylic acids is 1. The fourth-order valence-corrected chi connectivity index (χ4v) is 5.15. The summed E-state index contributed by atoms with van der Waals surface area (Å²) in [5.41, 5.74) is 3.89. The van der Waals surface area contributed by atoms with Crippen LogP contribution in [0.1, 0.15) is 15.9 Å². The number of anilines is 1. The SMILES string of the molecule is CN1Cc2cc(-c3ccc(-c4ccc(NSc5ccc(F)cc5F)nc4)s3)ccc2C1=O. The molecule has 160 valence electrons. The molecule has 1 amide bonds. The van der Waals surface area contributed by atoms with E-state index in [0.29, 0.717) is 17.3 Å². The molecule has 1 N–H and O–H groups in total. The third-order valence-corrected chi connectivity index (χ3v) is 7.23. The van der Waals surface area contributed by atoms with Crippen LogP contribution in [-0.4, -0.2) is 22.8 Å². The molecule has 0 aliphatic carbocycles. The quantitative estimate of drug-likeness (QED) is 0.344. The van der Waals surface area contributed by atoms with Gasteiger partial charge in [0.2, 0.25) is 0 Å². The summed E-state index contributed by atoms with van der Waals surface area (Å²) in [7, 11) is 1.81. The van der Waals surface area contributed by atoms with Crippen LogP contribution in [0.2, 0.25) is 0 Å². The highest BCUT2D eigenvalue weighted by Gasteiger charge is 2.24. The number of carbonyl (C=O) groups is 1. The minimum atomic E-state index is -0.618. The fourth-order valence-electron chi connectivity index (χ4n) is 3.53. The lowest BCUT2D eigenvalue weighted by molar-refractivity contribution is 0.0816. The predicted molar refractivity (Wildman–Crippen MR) is 125 cm³/mol. The van der Waals surface area contributed by atoms with E-state index in [9.17, 15) is 13.6 Å². The molecule has 0 fully saturated rings. The van der Waals surface area contributed by atoms with Crippen molar-refractivity contribution in [2.24, 2.45) is 0 Å². The lowest BCUT2D eigenvalue weighted by Crippen LogP contribution is -2.17. The third-order valence-electron chi connectivity index (χ3n) is 5.19. The smallest absolute Gasteiger partial charge is 0.254 e. The highest BCUT2D eigenvalue weighted by Crippen LogP contribution is 2.36. The molecule has 4 nitrogen and oxygen atoms in total. The Hall–Kier alpha value is -3.23. The molecule has 2 aromatic carbocycles. The number of fused-ring (bicyclic) bond motifs is 1. The van der Waals surface area contributed by atoms with Gasteiger partial charge in [0, 0.05) is 46.7 Å². The molecule has 0 unspecified atom stereocenters. The first-order chi connectivity index (χ1) is 15.5. The molecule has 0 atom stereocenters. The number of halogens is 2. The summed E-state index contributed by atoms with van der Waals surface area (Å²) in [5.74, 6) is -0.580. The van der Waals surface area contributed by atoms with E-state index in [1.807, 2.05) is 31.3 Å². The van der Waals surface area contributed by atoms with Gasteiger partial charge in [0.15, 0.2) is 0 Å². The first kappa shape index (κ1) is 20.7. The summed E-state index contributed by atoms with van der Waals surface area (Å²) in [6.07, 6.45) is 1.76. The molecule has 2 aromatic heterocycles. The molecular weight excluding hydrogens is 448 g/mol. The lowest BCUT2D eigenvalue weighted by atomic mass is 10.1. The van der Waals surface area contributed by atoms with E-state index in [-0.39, 0.29) is 5.91 Å². The highest BCUT2D eigenvalue weighted by molar-refractivity contribution is 8.00. The molecule has 3 heterocycles. The molecule has 32 heavy (non-hydrogen) atoms. The third kappa shape index (κ3) is 3.99. The van der Waals surface area contributed by atoms with Gasteiger partial charge in [-0.3, -0.25) is 4.79 Å². The van der Waals surface area contributed by atoms with Gasteiger partial charge in [-0.2, -0.15) is 0 Å². The minimum absolute atomic E-state index is 0.0681. The maximum Gasteiger partial charge on any atom is 0.254 e. The maximum absolute atomic E-state index is 13.8. The Balaban J connectivity index is 1.29. The van der Waals surface area contributed by atoms with Crippen LogP contribution >= 0.6 is 23.3 Å². The Kier molecular flexibility index (Phi) is 5.40. The van der Waals surface area contributed by atoms with E-state index in [4.69, 9.17) is 0 Å². The van der Waals surface area contributed by atoms with Crippen molar-refractivity contribution in [3.63, 3.8) is 0 Å². The Bertz CT molecular complexity index is 1320. The minimum Gasteiger partial charge on any atom is -0.337 e. The predicted octanol–water partition coefficient (Wildman–Crippen LogP) is 6.46. The summed E-state index contributed by atoms with van der Waals surface area (Å²) in [4.78, 5) is 20.7. The average Bonchev–Trinajstić information content (AvgIpc) is 3.38. The van der Waals surface area contributed by atoms with Gasteiger partial charge in [-0.05, 0) is 71.6 Å². The van der Waals surface area contributed by atoms with Crippen molar-refractivity contribution in [1.82, 2.24) is 9.88 Å². The van der Waals surface area contributed by atoms with Gasteiger partial charge >= 0.3 is 0 Å². The van der Waals surface area contributed by atoms with Gasteiger partial charge in [-0.15, -0.1) is 11.3 Å². The molecule has 4 aromatic rings. The average molecular weight is 466 g/mol. The Labute approximate surface area is 192 Å². The second kappa shape index (κ2) is 8.37. The van der Waals surface area contributed by atoms with E-state index >= 15 is 0 Å². The largest absolute Gasteiger partial charge is 0.337 e. The van der Waals surface area contributed by atoms with E-state index in [1.54, 1.807) is 22.4 Å². The van der Waals surface area contributed by atoms with Crippen LogP contribution < -0.4 is 4.72 Å². The van der Waals surface area contributed by atoms with Crippen molar-refractivity contribution in [3.8, 4) is 20.9 Å². The van der Waals surface area contributed by atoms with E-state index < -0.39 is 11.6 Å². The Morgan fingerprint density at radius 1 is 1.00 bits per heavy atom. The number of nitrogens with zero attached hydrogens (tertiary/aromatic N) is 2. The van der Waals surface area contributed by atoms with Crippen molar-refractivity contribution in [2.45, 2.75) is 11.4 Å². The van der Waals surface area contributed by atoms with Gasteiger partial charge in [0.25, 0.3) is 5.91 Å². The molecular formula is C24H17F2N3OS2. The zero-order valence-corrected chi connectivity index (χ0v) is 18.6. The molecule has 0 saturated carbocycles. The zero-order valence-electron chi connectivity index (χ0n) is 16.9. The first-order valence-corrected chi connectivity index (χ1v) is 11.4. The maximum atomic E-state index is 13.8. The summed E-state index contributed by atoms with van der Waals surface area (Å²) in [6.45, 7) is 0.637. The van der Waals surface area contributed by atoms with Gasteiger partial charge in [-0.25, -0.2) is 13.8 Å². The van der Waals surface area contributed by atoms with Crippen molar-refractivity contribution in [1.29, 1.82) is 0 Å². The monoisotopic (exact) mass is 465 g/mol. The van der Waals surface area contributed by atoms with Gasteiger partial charge in [0.05, 0.1) is 4.90 Å². The van der Waals surface area contributed by atoms with Crippen molar-refractivity contribution in [2.75, 3.05) is 11.8 Å². The van der Waals surface area contributed by atoms with Crippen LogP contribution in [0.4, 0.5) is 14.6 Å². The summed E-state index contributed by atoms with van der Waals surface area (Å²) >= 11 is 2.70. The molecule has 8 heteroatoms. The molecule has 0 bridgehead atoms. The Morgan fingerprint density at radius 2 is 1.78 bits per heavy atom. The number of rotatable bonds is 5. The molecule has 0 radical (unpaired) electrons. The van der Waals surface area contributed by atoms with Crippen LogP contribution in [0.5, 0.6) is 0 Å². The standard InChI is InChI=1S/C24H17F2N3OS2/c1-29-13-16-10-14(2-5-18(16)24(29)30)20-7-8-21(31-20)15-3-9-23(27-12-15)28-32-22-6-4-17(25)11-19(22)26/h2-12H,13H2,1H3,(H,27,28). The zero-order chi connectivity index (χ0) is 22.2. The van der Waals surface area contributed by atoms with Crippen molar-refractivity contribution < 1.29 is 13.6 Å². The number of benzene rings is 2.